The Balaban J connectivity index is 2.59. The van der Waals surface area contributed by atoms with Crippen molar-refractivity contribution in [2.24, 2.45) is 5.73 Å². The van der Waals surface area contributed by atoms with Crippen LogP contribution in [0.4, 0.5) is 0 Å². The number of hydrogen-bond donors (Lipinski definition) is 2. The van der Waals surface area contributed by atoms with Crippen molar-refractivity contribution in [3.8, 4) is 0 Å². The summed E-state index contributed by atoms with van der Waals surface area (Å²) < 4.78 is 1.01. The molecule has 0 radical (unpaired) electrons. The number of carbonyl (C=O) groups excluding carboxylic acids is 1. The lowest BCUT2D eigenvalue weighted by atomic mass is 10.1. The monoisotopic (exact) mass is 282 g/mol. The first-order valence-corrected chi connectivity index (χ1v) is 5.84. The molecule has 0 fully saturated rings. The number of carbonyl (C=O) groups is 1. The van der Waals surface area contributed by atoms with Crippen LogP contribution in [0.25, 0.3) is 0 Å². The van der Waals surface area contributed by atoms with Gasteiger partial charge in [0, 0.05) is 23.1 Å². The predicted octanol–water partition coefficient (Wildman–Crippen LogP) is 2.00. The lowest BCUT2D eigenvalue weighted by molar-refractivity contribution is 0.0958. The Hall–Kier alpha value is -1.13. The van der Waals surface area contributed by atoms with Gasteiger partial charge in [-0.3, -0.25) is 4.79 Å². The summed E-state index contributed by atoms with van der Waals surface area (Å²) in [6.07, 6.45) is 3.65. The zero-order chi connectivity index (χ0) is 12.0. The van der Waals surface area contributed by atoms with E-state index in [1.54, 1.807) is 6.07 Å². The Bertz CT molecular complexity index is 402. The largest absolute Gasteiger partial charge is 0.349 e. The third kappa shape index (κ3) is 3.79. The van der Waals surface area contributed by atoms with Crippen molar-refractivity contribution < 1.29 is 4.79 Å². The van der Waals surface area contributed by atoms with Crippen LogP contribution in [0.2, 0.25) is 0 Å². The van der Waals surface area contributed by atoms with Crippen molar-refractivity contribution in [1.29, 1.82) is 0 Å². The Morgan fingerprint density at radius 2 is 2.25 bits per heavy atom. The average Bonchev–Trinajstić information content (AvgIpc) is 2.28. The topological polar surface area (TPSA) is 55.1 Å². The molecular weight excluding hydrogens is 268 g/mol. The molecule has 1 amide bonds. The first-order chi connectivity index (χ1) is 7.65. The van der Waals surface area contributed by atoms with Gasteiger partial charge in [-0.15, -0.1) is 0 Å². The maximum atomic E-state index is 11.7. The highest BCUT2D eigenvalue weighted by Gasteiger charge is 2.05. The summed E-state index contributed by atoms with van der Waals surface area (Å²) >= 11 is 3.39. The first-order valence-electron chi connectivity index (χ1n) is 5.04. The summed E-state index contributed by atoms with van der Waals surface area (Å²) in [6, 6.07) is 5.52. The van der Waals surface area contributed by atoms with E-state index in [2.05, 4.69) is 21.2 Å². The molecule has 4 heteroatoms. The molecule has 1 aromatic carbocycles. The summed E-state index contributed by atoms with van der Waals surface area (Å²) in [5, 5.41) is 2.78. The lowest BCUT2D eigenvalue weighted by Gasteiger charge is -2.04. The van der Waals surface area contributed by atoms with Gasteiger partial charge in [-0.2, -0.15) is 0 Å². The number of rotatable bonds is 4. The molecule has 1 aromatic rings. The minimum Gasteiger partial charge on any atom is -0.349 e. The van der Waals surface area contributed by atoms with Crippen LogP contribution >= 0.6 is 15.9 Å². The fourth-order valence-electron chi connectivity index (χ4n) is 1.22. The molecule has 0 heterocycles. The van der Waals surface area contributed by atoms with E-state index < -0.39 is 0 Å². The number of nitrogens with one attached hydrogen (secondary N) is 1. The van der Waals surface area contributed by atoms with Crippen LogP contribution in [0, 0.1) is 6.92 Å². The highest BCUT2D eigenvalue weighted by Crippen LogP contribution is 2.16. The second-order valence-electron chi connectivity index (χ2n) is 3.38. The Labute approximate surface area is 104 Å². The van der Waals surface area contributed by atoms with E-state index >= 15 is 0 Å². The molecule has 0 aliphatic rings. The quantitative estimate of drug-likeness (QED) is 0.830. The van der Waals surface area contributed by atoms with Gasteiger partial charge >= 0.3 is 0 Å². The van der Waals surface area contributed by atoms with Crippen LogP contribution in [0.5, 0.6) is 0 Å². The predicted molar refractivity (Wildman–Crippen MR) is 69.4 cm³/mol. The van der Waals surface area contributed by atoms with Crippen molar-refractivity contribution in [2.75, 3.05) is 13.1 Å². The summed E-state index contributed by atoms with van der Waals surface area (Å²) in [4.78, 5) is 11.7. The minimum absolute atomic E-state index is 0.0720. The molecule has 16 heavy (non-hydrogen) atoms. The molecular formula is C12H15BrN2O. The van der Waals surface area contributed by atoms with Crippen LogP contribution < -0.4 is 11.1 Å². The van der Waals surface area contributed by atoms with E-state index in [4.69, 9.17) is 5.73 Å². The van der Waals surface area contributed by atoms with Gasteiger partial charge in [0.2, 0.25) is 0 Å². The van der Waals surface area contributed by atoms with E-state index in [1.807, 2.05) is 31.2 Å². The van der Waals surface area contributed by atoms with E-state index in [1.165, 1.54) is 0 Å². The van der Waals surface area contributed by atoms with Gasteiger partial charge in [-0.05, 0) is 30.7 Å². The number of nitrogens with two attached hydrogens (primary N) is 1. The van der Waals surface area contributed by atoms with Crippen LogP contribution in [0.15, 0.2) is 34.8 Å². The summed E-state index contributed by atoms with van der Waals surface area (Å²) in [6.45, 7) is 2.95. The Morgan fingerprint density at radius 3 is 2.88 bits per heavy atom. The van der Waals surface area contributed by atoms with Crippen LogP contribution in [-0.2, 0) is 0 Å². The molecule has 0 atom stereocenters. The Morgan fingerprint density at radius 1 is 1.50 bits per heavy atom. The van der Waals surface area contributed by atoms with Crippen molar-refractivity contribution in [2.45, 2.75) is 6.92 Å². The SMILES string of the molecule is Cc1cc(C(=O)NC/C=C/CN)ccc1Br. The third-order valence-electron chi connectivity index (χ3n) is 2.10. The number of amides is 1. The molecule has 3 nitrogen and oxygen atoms in total. The second-order valence-corrected chi connectivity index (χ2v) is 4.24. The number of benzene rings is 1. The normalized spacial score (nSPS) is 10.7. The van der Waals surface area contributed by atoms with Gasteiger partial charge in [0.25, 0.3) is 5.91 Å². The van der Waals surface area contributed by atoms with Gasteiger partial charge in [-0.25, -0.2) is 0 Å². The van der Waals surface area contributed by atoms with Gasteiger partial charge in [-0.1, -0.05) is 28.1 Å². The van der Waals surface area contributed by atoms with E-state index in [-0.39, 0.29) is 5.91 Å². The summed E-state index contributed by atoms with van der Waals surface area (Å²) in [5.74, 6) is -0.0720. The Kier molecular flexibility index (Phi) is 5.22. The molecule has 3 N–H and O–H groups in total. The molecule has 0 aliphatic heterocycles. The van der Waals surface area contributed by atoms with Crippen LogP contribution in [-0.4, -0.2) is 19.0 Å². The van der Waals surface area contributed by atoms with Crippen molar-refractivity contribution in [3.63, 3.8) is 0 Å². The highest BCUT2D eigenvalue weighted by atomic mass is 79.9. The summed E-state index contributed by atoms with van der Waals surface area (Å²) in [7, 11) is 0. The van der Waals surface area contributed by atoms with Gasteiger partial charge in [0.1, 0.15) is 0 Å². The van der Waals surface area contributed by atoms with Crippen molar-refractivity contribution in [3.05, 3.63) is 46.0 Å². The van der Waals surface area contributed by atoms with E-state index in [0.717, 1.165) is 10.0 Å². The summed E-state index contributed by atoms with van der Waals surface area (Å²) in [5.41, 5.74) is 7.00. The maximum absolute atomic E-state index is 11.7. The minimum atomic E-state index is -0.0720. The molecule has 86 valence electrons. The lowest BCUT2D eigenvalue weighted by Crippen LogP contribution is -2.23. The average molecular weight is 283 g/mol. The molecule has 1 rings (SSSR count). The molecule has 0 unspecified atom stereocenters. The maximum Gasteiger partial charge on any atom is 0.251 e. The fraction of sp³-hybridized carbons (Fsp3) is 0.250. The second kappa shape index (κ2) is 6.45. The standard InChI is InChI=1S/C12H15BrN2O/c1-9-8-10(4-5-11(9)13)12(16)15-7-3-2-6-14/h2-5,8H,6-7,14H2,1H3,(H,15,16)/b3-2+. The number of aryl methyl sites for hydroxylation is 1. The van der Waals surface area contributed by atoms with Crippen LogP contribution in [0.3, 0.4) is 0 Å². The molecule has 0 spiro atoms. The zero-order valence-corrected chi connectivity index (χ0v) is 10.8. The number of halogens is 1. The van der Waals surface area contributed by atoms with E-state index in [0.29, 0.717) is 18.7 Å². The number of hydrogen-bond acceptors (Lipinski definition) is 2. The molecule has 0 aliphatic carbocycles. The first kappa shape index (κ1) is 12.9. The van der Waals surface area contributed by atoms with Crippen LogP contribution in [0.1, 0.15) is 15.9 Å². The smallest absolute Gasteiger partial charge is 0.251 e. The molecule has 0 saturated heterocycles. The highest BCUT2D eigenvalue weighted by molar-refractivity contribution is 9.10. The fourth-order valence-corrected chi connectivity index (χ4v) is 1.47. The van der Waals surface area contributed by atoms with Gasteiger partial charge < -0.3 is 11.1 Å². The molecule has 0 saturated carbocycles. The van der Waals surface area contributed by atoms with Crippen molar-refractivity contribution in [1.82, 2.24) is 5.32 Å². The third-order valence-corrected chi connectivity index (χ3v) is 2.99. The van der Waals surface area contributed by atoms with Crippen molar-refractivity contribution >= 4 is 21.8 Å². The molecule has 0 aromatic heterocycles. The van der Waals surface area contributed by atoms with E-state index in [9.17, 15) is 4.79 Å². The zero-order valence-electron chi connectivity index (χ0n) is 9.16. The molecule has 0 bridgehead atoms. The van der Waals surface area contributed by atoms with Gasteiger partial charge in [0.05, 0.1) is 0 Å². The van der Waals surface area contributed by atoms with Gasteiger partial charge in [0.15, 0.2) is 0 Å².